The van der Waals surface area contributed by atoms with E-state index in [4.69, 9.17) is 0 Å². The lowest BCUT2D eigenvalue weighted by atomic mass is 9.95. The second-order valence-corrected chi connectivity index (χ2v) is 8.62. The molecule has 0 spiro atoms. The largest absolute Gasteiger partial charge is 0.545 e. The molecule has 0 N–H and O–H groups in total. The zero-order valence-corrected chi connectivity index (χ0v) is 20.8. The number of benzene rings is 5. The molecule has 5 aromatic carbocycles. The van der Waals surface area contributed by atoms with Crippen molar-refractivity contribution in [3.63, 3.8) is 0 Å². The minimum atomic E-state index is -1.34. The van der Waals surface area contributed by atoms with Gasteiger partial charge in [0.25, 0.3) is 0 Å². The topological polar surface area (TPSA) is 74.3 Å². The molecule has 38 heavy (non-hydrogen) atoms. The predicted octanol–water partition coefficient (Wildman–Crippen LogP) is 6.17. The van der Waals surface area contributed by atoms with Crippen LogP contribution < -0.4 is 5.11 Å². The summed E-state index contributed by atoms with van der Waals surface area (Å²) in [5.74, 6) is -1.58. The Balaban J connectivity index is 0.000000181. The van der Waals surface area contributed by atoms with Gasteiger partial charge in [-0.1, -0.05) is 133 Å². The molecule has 0 aliphatic rings. The Morgan fingerprint density at radius 2 is 0.921 bits per heavy atom. The number of carbonyl (C=O) groups is 3. The highest BCUT2D eigenvalue weighted by Crippen LogP contribution is 2.23. The molecule has 0 unspecified atom stereocenters. The molecule has 0 amide bonds. The van der Waals surface area contributed by atoms with Crippen LogP contribution in [0, 0.1) is 6.92 Å². The lowest BCUT2D eigenvalue weighted by molar-refractivity contribution is -0.255. The molecule has 0 saturated carbocycles. The molecule has 0 fully saturated rings. The monoisotopic (exact) mass is 497 g/mol. The smallest absolute Gasteiger partial charge is 0.193 e. The molecule has 5 aromatic rings. The van der Waals surface area contributed by atoms with Crippen LogP contribution >= 0.6 is 0 Å². The van der Waals surface area contributed by atoms with Gasteiger partial charge in [0.2, 0.25) is 0 Å². The first-order valence-corrected chi connectivity index (χ1v) is 12.1. The molecule has 0 aromatic heterocycles. The van der Waals surface area contributed by atoms with Gasteiger partial charge in [-0.15, -0.1) is 0 Å². The maximum absolute atomic E-state index is 12.5. The molecule has 4 nitrogen and oxygen atoms in total. The average molecular weight is 498 g/mol. The molecule has 186 valence electrons. The number of rotatable bonds is 6. The first-order chi connectivity index (χ1) is 18.5. The quantitative estimate of drug-likeness (QED) is 0.263. The van der Waals surface area contributed by atoms with Crippen LogP contribution in [0.2, 0.25) is 0 Å². The van der Waals surface area contributed by atoms with E-state index in [1.54, 1.807) is 42.5 Å². The molecule has 5 rings (SSSR count). The maximum atomic E-state index is 12.5. The fourth-order valence-electron chi connectivity index (χ4n) is 4.08. The zero-order valence-electron chi connectivity index (χ0n) is 20.8. The Bertz CT molecular complexity index is 1560. The van der Waals surface area contributed by atoms with E-state index in [0.29, 0.717) is 5.56 Å². The van der Waals surface area contributed by atoms with Crippen molar-refractivity contribution in [2.45, 2.75) is 6.92 Å². The zero-order chi connectivity index (χ0) is 26.9. The highest BCUT2D eigenvalue weighted by molar-refractivity contribution is 6.14. The number of aromatic carboxylic acids is 1. The number of hydrogen-bond donors (Lipinski definition) is 0. The first kappa shape index (κ1) is 26.0. The van der Waals surface area contributed by atoms with Gasteiger partial charge in [0.05, 0.1) is 5.97 Å². The van der Waals surface area contributed by atoms with Gasteiger partial charge in [0.15, 0.2) is 11.6 Å². The van der Waals surface area contributed by atoms with Gasteiger partial charge in [0.1, 0.15) is 0 Å². The maximum Gasteiger partial charge on any atom is 0.193 e. The van der Waals surface area contributed by atoms with Crippen molar-refractivity contribution >= 4 is 17.5 Å². The standard InChI is InChI=1S/C20H16O.C14H10O3/c1-15-14-18(16-8-4-2-5-9-16)12-13-19(15)20(21)17-10-6-3-7-11-17;15-13(10-6-2-1-3-7-10)11-8-4-5-9-12(11)14(16)17/h2-14H,1H3;1-9H,(H,16,17)/p-1. The van der Waals surface area contributed by atoms with Crippen LogP contribution in [0.4, 0.5) is 0 Å². The van der Waals surface area contributed by atoms with Crippen LogP contribution in [0.5, 0.6) is 0 Å². The number of carboxylic acid groups (broad SMARTS) is 1. The summed E-state index contributed by atoms with van der Waals surface area (Å²) < 4.78 is 0. The minimum absolute atomic E-state index is 0.0766. The van der Waals surface area contributed by atoms with E-state index in [0.717, 1.165) is 22.3 Å². The molecule has 0 bridgehead atoms. The van der Waals surface area contributed by atoms with Gasteiger partial charge in [0, 0.05) is 27.8 Å². The number of aryl methyl sites for hydroxylation is 1. The van der Waals surface area contributed by atoms with Crippen LogP contribution in [0.3, 0.4) is 0 Å². The van der Waals surface area contributed by atoms with Crippen LogP contribution in [-0.4, -0.2) is 17.5 Å². The van der Waals surface area contributed by atoms with Crippen molar-refractivity contribution < 1.29 is 19.5 Å². The summed E-state index contributed by atoms with van der Waals surface area (Å²) >= 11 is 0. The lowest BCUT2D eigenvalue weighted by Gasteiger charge is -2.08. The molecule has 4 heteroatoms. The van der Waals surface area contributed by atoms with Gasteiger partial charge in [-0.05, 0) is 23.6 Å². The summed E-state index contributed by atoms with van der Waals surface area (Å²) in [5.41, 5.74) is 5.33. The second-order valence-electron chi connectivity index (χ2n) is 8.62. The van der Waals surface area contributed by atoms with Crippen LogP contribution in [0.15, 0.2) is 133 Å². The molecule has 0 aliphatic heterocycles. The highest BCUT2D eigenvalue weighted by atomic mass is 16.4. The first-order valence-electron chi connectivity index (χ1n) is 12.1. The Labute approximate surface area is 221 Å². The Hall–Kier alpha value is -5.09. The normalized spacial score (nSPS) is 10.1. The van der Waals surface area contributed by atoms with E-state index < -0.39 is 5.97 Å². The van der Waals surface area contributed by atoms with Crippen LogP contribution in [0.25, 0.3) is 11.1 Å². The fourth-order valence-corrected chi connectivity index (χ4v) is 4.08. The SMILES string of the molecule is Cc1cc(-c2ccccc2)ccc1C(=O)c1ccccc1.O=C([O-])c1ccccc1C(=O)c1ccccc1. The fraction of sp³-hybridized carbons (Fsp3) is 0.0294. The molecule has 0 heterocycles. The third-order valence-corrected chi connectivity index (χ3v) is 6.04. The van der Waals surface area contributed by atoms with E-state index in [1.165, 1.54) is 17.7 Å². The molecule has 0 aliphatic carbocycles. The summed E-state index contributed by atoms with van der Waals surface area (Å²) in [7, 11) is 0. The second kappa shape index (κ2) is 12.2. The Kier molecular flexibility index (Phi) is 8.37. The van der Waals surface area contributed by atoms with Gasteiger partial charge < -0.3 is 9.90 Å². The summed E-state index contributed by atoms with van der Waals surface area (Å²) in [4.78, 5) is 35.5. The van der Waals surface area contributed by atoms with E-state index >= 15 is 0 Å². The van der Waals surface area contributed by atoms with Crippen LogP contribution in [-0.2, 0) is 0 Å². The minimum Gasteiger partial charge on any atom is -0.545 e. The summed E-state index contributed by atoms with van der Waals surface area (Å²) in [6, 6.07) is 40.2. The van der Waals surface area contributed by atoms with E-state index in [2.05, 4.69) is 18.2 Å². The molecular formula is C34H25O4-. The molecule has 0 radical (unpaired) electrons. The predicted molar refractivity (Wildman–Crippen MR) is 147 cm³/mol. The van der Waals surface area contributed by atoms with Gasteiger partial charge >= 0.3 is 0 Å². The summed E-state index contributed by atoms with van der Waals surface area (Å²) in [6.07, 6.45) is 0. The summed E-state index contributed by atoms with van der Waals surface area (Å²) in [5, 5.41) is 10.9. The van der Waals surface area contributed by atoms with Gasteiger partial charge in [-0.2, -0.15) is 0 Å². The number of carboxylic acids is 1. The van der Waals surface area contributed by atoms with Crippen molar-refractivity contribution in [1.29, 1.82) is 0 Å². The number of ketones is 2. The Morgan fingerprint density at radius 1 is 0.474 bits per heavy atom. The van der Waals surface area contributed by atoms with Crippen LogP contribution in [0.1, 0.15) is 47.8 Å². The van der Waals surface area contributed by atoms with Gasteiger partial charge in [-0.25, -0.2) is 0 Å². The molecule has 0 saturated heterocycles. The highest BCUT2D eigenvalue weighted by Gasteiger charge is 2.13. The van der Waals surface area contributed by atoms with Gasteiger partial charge in [-0.3, -0.25) is 9.59 Å². The van der Waals surface area contributed by atoms with E-state index in [9.17, 15) is 19.5 Å². The number of hydrogen-bond acceptors (Lipinski definition) is 4. The molecule has 0 atom stereocenters. The van der Waals surface area contributed by atoms with Crippen molar-refractivity contribution in [2.75, 3.05) is 0 Å². The van der Waals surface area contributed by atoms with Crippen molar-refractivity contribution in [1.82, 2.24) is 0 Å². The third kappa shape index (κ3) is 6.18. The Morgan fingerprint density at radius 3 is 1.42 bits per heavy atom. The summed E-state index contributed by atoms with van der Waals surface area (Å²) in [6.45, 7) is 1.99. The third-order valence-electron chi connectivity index (χ3n) is 6.04. The number of carbonyl (C=O) groups excluding carboxylic acids is 3. The van der Waals surface area contributed by atoms with Crippen molar-refractivity contribution in [2.24, 2.45) is 0 Å². The van der Waals surface area contributed by atoms with E-state index in [1.807, 2.05) is 67.6 Å². The average Bonchev–Trinajstić information content (AvgIpc) is 2.98. The lowest BCUT2D eigenvalue weighted by Crippen LogP contribution is -2.25. The van der Waals surface area contributed by atoms with E-state index in [-0.39, 0.29) is 22.7 Å². The van der Waals surface area contributed by atoms with Crippen molar-refractivity contribution in [3.05, 3.63) is 167 Å². The van der Waals surface area contributed by atoms with Crippen molar-refractivity contribution in [3.8, 4) is 11.1 Å². The molecular weight excluding hydrogens is 472 g/mol.